The van der Waals surface area contributed by atoms with Crippen molar-refractivity contribution < 1.29 is 19.1 Å². The van der Waals surface area contributed by atoms with Crippen LogP contribution in [0.25, 0.3) is 0 Å². The van der Waals surface area contributed by atoms with E-state index in [4.69, 9.17) is 4.74 Å². The highest BCUT2D eigenvalue weighted by Gasteiger charge is 2.54. The summed E-state index contributed by atoms with van der Waals surface area (Å²) in [5.41, 5.74) is 0.914. The van der Waals surface area contributed by atoms with Gasteiger partial charge < -0.3 is 9.64 Å². The predicted molar refractivity (Wildman–Crippen MR) is 71.6 cm³/mol. The van der Waals surface area contributed by atoms with E-state index >= 15 is 0 Å². The lowest BCUT2D eigenvalue weighted by molar-refractivity contribution is -0.177. The van der Waals surface area contributed by atoms with Gasteiger partial charge in [-0.1, -0.05) is 30.3 Å². The van der Waals surface area contributed by atoms with E-state index in [2.05, 4.69) is 0 Å². The number of hydrogen-bond acceptors (Lipinski definition) is 4. The molecular formula is C15H17NO4. The second-order valence-electron chi connectivity index (χ2n) is 4.74. The zero-order valence-corrected chi connectivity index (χ0v) is 11.5. The fraction of sp³-hybridized carbons (Fsp3) is 0.400. The molecule has 2 unspecified atom stereocenters. The Kier molecular flexibility index (Phi) is 4.17. The number of carbonyl (C=O) groups is 3. The van der Waals surface area contributed by atoms with Gasteiger partial charge in [0.25, 0.3) is 0 Å². The Labute approximate surface area is 117 Å². The first-order valence-electron chi connectivity index (χ1n) is 6.57. The Morgan fingerprint density at radius 3 is 2.45 bits per heavy atom. The molecule has 106 valence electrons. The minimum atomic E-state index is -0.891. The van der Waals surface area contributed by atoms with E-state index in [0.29, 0.717) is 6.54 Å². The summed E-state index contributed by atoms with van der Waals surface area (Å²) in [5.74, 6) is -2.00. The van der Waals surface area contributed by atoms with Crippen molar-refractivity contribution in [1.82, 2.24) is 4.90 Å². The van der Waals surface area contributed by atoms with E-state index in [9.17, 15) is 14.4 Å². The molecule has 5 heteroatoms. The summed E-state index contributed by atoms with van der Waals surface area (Å²) in [6, 6.07) is 8.55. The standard InChI is InChI=1S/C15H17NO4/c1-3-20-15(19)13-12(10(2)17)14(18)16(13)9-11-7-5-4-6-8-11/h4-8,12-13H,3,9H2,1-2H3. The molecule has 1 amide bonds. The van der Waals surface area contributed by atoms with Gasteiger partial charge in [0.05, 0.1) is 6.61 Å². The highest BCUT2D eigenvalue weighted by atomic mass is 16.5. The number of ketones is 1. The molecule has 2 atom stereocenters. The lowest BCUT2D eigenvalue weighted by Crippen LogP contribution is -2.66. The topological polar surface area (TPSA) is 63.7 Å². The molecule has 1 fully saturated rings. The Hall–Kier alpha value is -2.17. The fourth-order valence-electron chi connectivity index (χ4n) is 2.39. The first-order chi connectivity index (χ1) is 9.56. The van der Waals surface area contributed by atoms with Crippen molar-refractivity contribution in [1.29, 1.82) is 0 Å². The summed E-state index contributed by atoms with van der Waals surface area (Å²) in [7, 11) is 0. The zero-order valence-electron chi connectivity index (χ0n) is 11.5. The average molecular weight is 275 g/mol. The molecule has 1 aromatic rings. The van der Waals surface area contributed by atoms with Crippen LogP contribution in [0.15, 0.2) is 30.3 Å². The van der Waals surface area contributed by atoms with Crippen LogP contribution in [-0.2, 0) is 25.7 Å². The maximum Gasteiger partial charge on any atom is 0.330 e. The Bertz CT molecular complexity index is 526. The number of esters is 1. The second-order valence-corrected chi connectivity index (χ2v) is 4.74. The van der Waals surface area contributed by atoms with E-state index in [1.54, 1.807) is 6.92 Å². The van der Waals surface area contributed by atoms with Gasteiger partial charge >= 0.3 is 5.97 Å². The summed E-state index contributed by atoms with van der Waals surface area (Å²) in [4.78, 5) is 36.8. The van der Waals surface area contributed by atoms with Gasteiger partial charge in [0.1, 0.15) is 17.7 Å². The van der Waals surface area contributed by atoms with Crippen LogP contribution in [0.3, 0.4) is 0 Å². The quantitative estimate of drug-likeness (QED) is 0.459. The molecule has 0 aliphatic carbocycles. The van der Waals surface area contributed by atoms with Gasteiger partial charge in [0.2, 0.25) is 5.91 Å². The number of amides is 1. The van der Waals surface area contributed by atoms with Crippen LogP contribution in [0.1, 0.15) is 19.4 Å². The monoisotopic (exact) mass is 275 g/mol. The number of ether oxygens (including phenoxy) is 1. The molecule has 0 N–H and O–H groups in total. The molecule has 1 aliphatic rings. The van der Waals surface area contributed by atoms with Gasteiger partial charge in [-0.15, -0.1) is 0 Å². The Balaban J connectivity index is 2.16. The second kappa shape index (κ2) is 5.86. The van der Waals surface area contributed by atoms with E-state index in [0.717, 1.165) is 5.56 Å². The van der Waals surface area contributed by atoms with Gasteiger partial charge in [-0.25, -0.2) is 4.79 Å². The van der Waals surface area contributed by atoms with Crippen LogP contribution in [-0.4, -0.2) is 35.2 Å². The number of nitrogens with zero attached hydrogens (tertiary/aromatic N) is 1. The SMILES string of the molecule is CCOC(=O)C1C(C(C)=O)C(=O)N1Cc1ccccc1. The first-order valence-corrected chi connectivity index (χ1v) is 6.57. The number of Topliss-reactive ketones (excluding diaryl/α,β-unsaturated/α-hetero) is 1. The number of β-lactam (4-membered cyclic amide) rings is 1. The molecule has 1 aromatic carbocycles. The van der Waals surface area contributed by atoms with Crippen LogP contribution in [0.4, 0.5) is 0 Å². The first kappa shape index (κ1) is 14.2. The van der Waals surface area contributed by atoms with Crippen molar-refractivity contribution >= 4 is 17.7 Å². The highest BCUT2D eigenvalue weighted by molar-refractivity contribution is 6.11. The van der Waals surface area contributed by atoms with Crippen LogP contribution in [0.2, 0.25) is 0 Å². The minimum Gasteiger partial charge on any atom is -0.464 e. The summed E-state index contributed by atoms with van der Waals surface area (Å²) in [6.07, 6.45) is 0. The minimum absolute atomic E-state index is 0.229. The summed E-state index contributed by atoms with van der Waals surface area (Å²) in [5, 5.41) is 0. The smallest absolute Gasteiger partial charge is 0.330 e. The normalized spacial score (nSPS) is 21.3. The molecule has 1 aliphatic heterocycles. The van der Waals surface area contributed by atoms with Gasteiger partial charge in [0, 0.05) is 6.54 Å². The number of rotatable bonds is 5. The lowest BCUT2D eigenvalue weighted by Gasteiger charge is -2.44. The Morgan fingerprint density at radius 2 is 1.90 bits per heavy atom. The van der Waals surface area contributed by atoms with E-state index in [-0.39, 0.29) is 18.3 Å². The molecule has 5 nitrogen and oxygen atoms in total. The molecule has 1 saturated heterocycles. The fourth-order valence-corrected chi connectivity index (χ4v) is 2.39. The Morgan fingerprint density at radius 1 is 1.25 bits per heavy atom. The summed E-state index contributed by atoms with van der Waals surface area (Å²) < 4.78 is 4.96. The molecule has 0 bridgehead atoms. The van der Waals surface area contributed by atoms with Crippen LogP contribution in [0, 0.1) is 5.92 Å². The van der Waals surface area contributed by atoms with Gasteiger partial charge in [0.15, 0.2) is 0 Å². The van der Waals surface area contributed by atoms with Crippen molar-refractivity contribution in [2.75, 3.05) is 6.61 Å². The molecule has 0 spiro atoms. The number of likely N-dealkylation sites (tertiary alicyclic amines) is 1. The average Bonchev–Trinajstić information content (AvgIpc) is 2.42. The summed E-state index contributed by atoms with van der Waals surface area (Å²) >= 11 is 0. The van der Waals surface area contributed by atoms with Gasteiger partial charge in [-0.05, 0) is 19.4 Å². The zero-order chi connectivity index (χ0) is 14.7. The van der Waals surface area contributed by atoms with E-state index in [1.165, 1.54) is 11.8 Å². The summed E-state index contributed by atoms with van der Waals surface area (Å²) in [6.45, 7) is 3.57. The maximum atomic E-state index is 12.0. The molecular weight excluding hydrogens is 258 g/mol. The van der Waals surface area contributed by atoms with Crippen LogP contribution >= 0.6 is 0 Å². The predicted octanol–water partition coefficient (Wildman–Crippen LogP) is 1.17. The van der Waals surface area contributed by atoms with E-state index < -0.39 is 17.9 Å². The molecule has 20 heavy (non-hydrogen) atoms. The largest absolute Gasteiger partial charge is 0.464 e. The van der Waals surface area contributed by atoms with Crippen molar-refractivity contribution in [3.8, 4) is 0 Å². The van der Waals surface area contributed by atoms with Crippen molar-refractivity contribution in [3.05, 3.63) is 35.9 Å². The highest BCUT2D eigenvalue weighted by Crippen LogP contribution is 2.30. The lowest BCUT2D eigenvalue weighted by atomic mass is 9.84. The molecule has 0 saturated carbocycles. The van der Waals surface area contributed by atoms with Crippen LogP contribution in [0.5, 0.6) is 0 Å². The third kappa shape index (κ3) is 2.57. The van der Waals surface area contributed by atoms with E-state index in [1.807, 2.05) is 30.3 Å². The number of benzene rings is 1. The van der Waals surface area contributed by atoms with Gasteiger partial charge in [-0.3, -0.25) is 9.59 Å². The molecule has 1 heterocycles. The number of carbonyl (C=O) groups excluding carboxylic acids is 3. The van der Waals surface area contributed by atoms with Gasteiger partial charge in [-0.2, -0.15) is 0 Å². The third-order valence-corrected chi connectivity index (χ3v) is 3.36. The molecule has 0 aromatic heterocycles. The molecule has 0 radical (unpaired) electrons. The third-order valence-electron chi connectivity index (χ3n) is 3.36. The van der Waals surface area contributed by atoms with Crippen molar-refractivity contribution in [2.24, 2.45) is 5.92 Å². The van der Waals surface area contributed by atoms with Crippen molar-refractivity contribution in [2.45, 2.75) is 26.4 Å². The number of hydrogen-bond donors (Lipinski definition) is 0. The molecule has 2 rings (SSSR count). The maximum absolute atomic E-state index is 12.0. The van der Waals surface area contributed by atoms with Crippen molar-refractivity contribution in [3.63, 3.8) is 0 Å². The van der Waals surface area contributed by atoms with Crippen LogP contribution < -0.4 is 0 Å².